The number of benzene rings is 2. The molecule has 0 aromatic heterocycles. The van der Waals surface area contributed by atoms with Crippen molar-refractivity contribution in [2.45, 2.75) is 32.0 Å². The number of nitrogens with zero attached hydrogens (tertiary/aromatic N) is 1. The van der Waals surface area contributed by atoms with Crippen LogP contribution in [0.1, 0.15) is 46.2 Å². The Morgan fingerprint density at radius 1 is 1.00 bits per heavy atom. The average Bonchev–Trinajstić information content (AvgIpc) is 2.62. The maximum atomic E-state index is 13.0. The number of hydrogen-bond donors (Lipinski definition) is 1. The van der Waals surface area contributed by atoms with Crippen molar-refractivity contribution in [2.75, 3.05) is 6.61 Å². The fraction of sp³-hybridized carbons (Fsp3) is 0.300. The number of carbonyl (C=O) groups is 2. The smallest absolute Gasteiger partial charge is 0.254 e. The first kappa shape index (κ1) is 17.2. The lowest BCUT2D eigenvalue weighted by Crippen LogP contribution is -2.53. The van der Waals surface area contributed by atoms with Crippen molar-refractivity contribution in [3.63, 3.8) is 0 Å². The van der Waals surface area contributed by atoms with Crippen molar-refractivity contribution in [1.82, 2.24) is 4.90 Å². The third kappa shape index (κ3) is 3.42. The quantitative estimate of drug-likeness (QED) is 0.935. The van der Waals surface area contributed by atoms with Crippen LogP contribution in [0, 0.1) is 0 Å². The molecule has 25 heavy (non-hydrogen) atoms. The summed E-state index contributed by atoms with van der Waals surface area (Å²) >= 11 is 0. The Hall–Kier alpha value is -2.66. The van der Waals surface area contributed by atoms with Crippen LogP contribution in [0.25, 0.3) is 0 Å². The summed E-state index contributed by atoms with van der Waals surface area (Å²) in [5, 5.41) is 0. The van der Waals surface area contributed by atoms with Crippen LogP contribution in [-0.2, 0) is 4.74 Å². The van der Waals surface area contributed by atoms with E-state index in [4.69, 9.17) is 10.5 Å². The van der Waals surface area contributed by atoms with Crippen LogP contribution in [0.4, 0.5) is 0 Å². The number of morpholine rings is 1. The number of amides is 2. The molecule has 0 spiro atoms. The van der Waals surface area contributed by atoms with E-state index in [1.165, 1.54) is 0 Å². The fourth-order valence-electron chi connectivity index (χ4n) is 3.34. The second-order valence-electron chi connectivity index (χ2n) is 6.41. The van der Waals surface area contributed by atoms with Gasteiger partial charge in [0, 0.05) is 11.1 Å². The lowest BCUT2D eigenvalue weighted by Gasteiger charge is -2.44. The van der Waals surface area contributed by atoms with Gasteiger partial charge in [0.1, 0.15) is 6.10 Å². The fourth-order valence-corrected chi connectivity index (χ4v) is 3.34. The summed E-state index contributed by atoms with van der Waals surface area (Å²) in [4.78, 5) is 26.1. The molecule has 0 bridgehead atoms. The molecule has 5 nitrogen and oxygen atoms in total. The summed E-state index contributed by atoms with van der Waals surface area (Å²) in [6.45, 7) is 4.46. The van der Waals surface area contributed by atoms with E-state index in [2.05, 4.69) is 0 Å². The summed E-state index contributed by atoms with van der Waals surface area (Å²) in [7, 11) is 0. The zero-order valence-corrected chi connectivity index (χ0v) is 14.4. The summed E-state index contributed by atoms with van der Waals surface area (Å²) < 4.78 is 6.00. The van der Waals surface area contributed by atoms with E-state index in [1.807, 2.05) is 49.1 Å². The Balaban J connectivity index is 1.85. The van der Waals surface area contributed by atoms with Gasteiger partial charge >= 0.3 is 0 Å². The number of ether oxygens (including phenoxy) is 1. The van der Waals surface area contributed by atoms with Gasteiger partial charge in [-0.05, 0) is 43.7 Å². The Morgan fingerprint density at radius 3 is 2.20 bits per heavy atom. The highest BCUT2D eigenvalue weighted by molar-refractivity contribution is 5.97. The zero-order chi connectivity index (χ0) is 18.0. The molecule has 1 heterocycles. The molecule has 1 aliphatic heterocycles. The second-order valence-corrected chi connectivity index (χ2v) is 6.41. The first-order chi connectivity index (χ1) is 12.0. The van der Waals surface area contributed by atoms with Crippen molar-refractivity contribution in [3.05, 3.63) is 71.3 Å². The van der Waals surface area contributed by atoms with Crippen molar-refractivity contribution in [3.8, 4) is 0 Å². The normalized spacial score (nSPS) is 23.3. The van der Waals surface area contributed by atoms with Gasteiger partial charge in [-0.1, -0.05) is 30.3 Å². The summed E-state index contributed by atoms with van der Waals surface area (Å²) in [5.41, 5.74) is 7.25. The van der Waals surface area contributed by atoms with Gasteiger partial charge in [-0.25, -0.2) is 0 Å². The van der Waals surface area contributed by atoms with Crippen LogP contribution in [0.15, 0.2) is 54.6 Å². The van der Waals surface area contributed by atoms with E-state index in [9.17, 15) is 9.59 Å². The van der Waals surface area contributed by atoms with Gasteiger partial charge in [-0.2, -0.15) is 0 Å². The van der Waals surface area contributed by atoms with E-state index in [0.29, 0.717) is 17.7 Å². The maximum Gasteiger partial charge on any atom is 0.254 e. The van der Waals surface area contributed by atoms with E-state index in [0.717, 1.165) is 5.56 Å². The predicted octanol–water partition coefficient (Wildman–Crippen LogP) is 2.78. The monoisotopic (exact) mass is 338 g/mol. The highest BCUT2D eigenvalue weighted by atomic mass is 16.5. The topological polar surface area (TPSA) is 72.6 Å². The predicted molar refractivity (Wildman–Crippen MR) is 95.2 cm³/mol. The van der Waals surface area contributed by atoms with Gasteiger partial charge in [-0.15, -0.1) is 0 Å². The van der Waals surface area contributed by atoms with Crippen LogP contribution in [0.3, 0.4) is 0 Å². The van der Waals surface area contributed by atoms with Gasteiger partial charge in [0.25, 0.3) is 5.91 Å². The first-order valence-electron chi connectivity index (χ1n) is 8.38. The first-order valence-corrected chi connectivity index (χ1v) is 8.38. The van der Waals surface area contributed by atoms with E-state index in [-0.39, 0.29) is 24.1 Å². The third-order valence-electron chi connectivity index (χ3n) is 4.65. The largest absolute Gasteiger partial charge is 0.369 e. The van der Waals surface area contributed by atoms with Gasteiger partial charge in [-0.3, -0.25) is 9.59 Å². The minimum absolute atomic E-state index is 0.0294. The standard InChI is InChI=1S/C20H22N2O3/c1-13-12-25-18(15-6-4-3-5-7-15)14(2)22(13)20(24)17-10-8-16(9-11-17)19(21)23/h3-11,13-14,18H,12H2,1-2H3,(H2,21,23)/t13-,14+,18+/m1/s1. The molecule has 2 amide bonds. The Labute approximate surface area is 147 Å². The molecule has 2 aromatic rings. The lowest BCUT2D eigenvalue weighted by molar-refractivity contribution is -0.0806. The lowest BCUT2D eigenvalue weighted by atomic mass is 9.97. The number of hydrogen-bond acceptors (Lipinski definition) is 3. The van der Waals surface area contributed by atoms with Crippen molar-refractivity contribution < 1.29 is 14.3 Å². The molecular weight excluding hydrogens is 316 g/mol. The van der Waals surface area contributed by atoms with Crippen LogP contribution >= 0.6 is 0 Å². The molecule has 1 fully saturated rings. The molecule has 1 aliphatic rings. The molecule has 0 saturated carbocycles. The van der Waals surface area contributed by atoms with Gasteiger partial charge in [0.2, 0.25) is 5.91 Å². The number of primary amides is 1. The molecule has 0 unspecified atom stereocenters. The van der Waals surface area contributed by atoms with Gasteiger partial charge in [0.05, 0.1) is 18.7 Å². The summed E-state index contributed by atoms with van der Waals surface area (Å²) in [6, 6.07) is 16.3. The highest BCUT2D eigenvalue weighted by Gasteiger charge is 2.37. The summed E-state index contributed by atoms with van der Waals surface area (Å²) in [5.74, 6) is -0.573. The zero-order valence-electron chi connectivity index (χ0n) is 14.4. The minimum Gasteiger partial charge on any atom is -0.369 e. The van der Waals surface area contributed by atoms with Crippen molar-refractivity contribution in [1.29, 1.82) is 0 Å². The average molecular weight is 338 g/mol. The molecule has 130 valence electrons. The van der Waals surface area contributed by atoms with Crippen LogP contribution in [-0.4, -0.2) is 35.4 Å². The maximum absolute atomic E-state index is 13.0. The number of carbonyl (C=O) groups excluding carboxylic acids is 2. The van der Waals surface area contributed by atoms with Crippen molar-refractivity contribution in [2.24, 2.45) is 5.73 Å². The van der Waals surface area contributed by atoms with Crippen LogP contribution in [0.5, 0.6) is 0 Å². The molecule has 5 heteroatoms. The molecule has 0 aliphatic carbocycles. The second kappa shape index (κ2) is 7.07. The molecule has 0 radical (unpaired) electrons. The van der Waals surface area contributed by atoms with Gasteiger partial charge < -0.3 is 15.4 Å². The Kier molecular flexibility index (Phi) is 4.86. The van der Waals surface area contributed by atoms with E-state index < -0.39 is 5.91 Å². The highest BCUT2D eigenvalue weighted by Crippen LogP contribution is 2.31. The molecule has 1 saturated heterocycles. The third-order valence-corrected chi connectivity index (χ3v) is 4.65. The summed E-state index contributed by atoms with van der Waals surface area (Å²) in [6.07, 6.45) is -0.161. The molecular formula is C20H22N2O3. The van der Waals surface area contributed by atoms with E-state index in [1.54, 1.807) is 24.3 Å². The molecule has 3 rings (SSSR count). The van der Waals surface area contributed by atoms with Crippen LogP contribution in [0.2, 0.25) is 0 Å². The minimum atomic E-state index is -0.503. The Bertz CT molecular complexity index is 758. The molecule has 2 N–H and O–H groups in total. The molecule has 3 atom stereocenters. The van der Waals surface area contributed by atoms with E-state index >= 15 is 0 Å². The van der Waals surface area contributed by atoms with Crippen LogP contribution < -0.4 is 5.73 Å². The SMILES string of the molecule is C[C@@H]1CO[C@H](c2ccccc2)[C@H](C)N1C(=O)c1ccc(C(N)=O)cc1. The van der Waals surface area contributed by atoms with Gasteiger partial charge in [0.15, 0.2) is 0 Å². The van der Waals surface area contributed by atoms with Crippen molar-refractivity contribution >= 4 is 11.8 Å². The Morgan fingerprint density at radius 2 is 1.60 bits per heavy atom. The number of nitrogens with two attached hydrogens (primary N) is 1. The number of rotatable bonds is 3. The molecule has 2 aromatic carbocycles.